The van der Waals surface area contributed by atoms with Crippen LogP contribution in [0.4, 0.5) is 10.1 Å². The van der Waals surface area contributed by atoms with E-state index >= 15 is 0 Å². The van der Waals surface area contributed by atoms with Gasteiger partial charge in [-0.25, -0.2) is 9.07 Å². The van der Waals surface area contributed by atoms with Gasteiger partial charge in [-0.1, -0.05) is 23.7 Å². The second-order valence-corrected chi connectivity index (χ2v) is 7.84. The van der Waals surface area contributed by atoms with Gasteiger partial charge >= 0.3 is 0 Å². The van der Waals surface area contributed by atoms with Crippen molar-refractivity contribution in [1.29, 1.82) is 0 Å². The summed E-state index contributed by atoms with van der Waals surface area (Å²) < 4.78 is 15.0. The van der Waals surface area contributed by atoms with Crippen LogP contribution in [-0.4, -0.2) is 21.7 Å². The molecule has 4 aromatic rings. The van der Waals surface area contributed by atoms with Gasteiger partial charge in [0.1, 0.15) is 5.82 Å². The number of benzene rings is 3. The number of rotatable bonds is 3. The first-order valence-corrected chi connectivity index (χ1v) is 9.96. The minimum Gasteiger partial charge on any atom is -0.325 e. The second kappa shape index (κ2) is 7.23. The molecule has 2 heterocycles. The summed E-state index contributed by atoms with van der Waals surface area (Å²) in [6.45, 7) is 0. The molecule has 5 rings (SSSR count). The summed E-state index contributed by atoms with van der Waals surface area (Å²) in [6.07, 6.45) is 2.00. The summed E-state index contributed by atoms with van der Waals surface area (Å²) >= 11 is 6.17. The Bertz CT molecular complexity index is 1250. The van der Waals surface area contributed by atoms with Crippen molar-refractivity contribution in [2.75, 3.05) is 4.90 Å². The molecule has 150 valence electrons. The average molecular weight is 421 g/mol. The normalized spacial score (nSPS) is 19.0. The maximum Gasteiger partial charge on any atom is 0.229 e. The Morgan fingerprint density at radius 1 is 1.03 bits per heavy atom. The van der Waals surface area contributed by atoms with Crippen LogP contribution in [0.5, 0.6) is 0 Å². The van der Waals surface area contributed by atoms with Gasteiger partial charge in [-0.3, -0.25) is 4.79 Å². The van der Waals surface area contributed by atoms with Crippen LogP contribution in [0.25, 0.3) is 16.6 Å². The molecule has 0 bridgehead atoms. The Morgan fingerprint density at radius 3 is 2.57 bits per heavy atom. The van der Waals surface area contributed by atoms with E-state index in [1.807, 2.05) is 36.4 Å². The molecule has 1 amide bonds. The summed E-state index contributed by atoms with van der Waals surface area (Å²) in [5, 5.41) is 5.91. The number of amides is 1. The fourth-order valence-corrected chi connectivity index (χ4v) is 4.31. The molecule has 7 heteroatoms. The smallest absolute Gasteiger partial charge is 0.229 e. The topological polar surface area (TPSA) is 64.2 Å². The van der Waals surface area contributed by atoms with Crippen LogP contribution in [0.15, 0.2) is 72.9 Å². The molecule has 2 N–H and O–H groups in total. The van der Waals surface area contributed by atoms with E-state index in [4.69, 9.17) is 17.3 Å². The van der Waals surface area contributed by atoms with Gasteiger partial charge in [0.05, 0.1) is 23.4 Å². The Labute approximate surface area is 177 Å². The quantitative estimate of drug-likeness (QED) is 0.525. The van der Waals surface area contributed by atoms with E-state index in [-0.39, 0.29) is 30.2 Å². The van der Waals surface area contributed by atoms with E-state index in [0.29, 0.717) is 5.02 Å². The first-order valence-electron chi connectivity index (χ1n) is 9.58. The fraction of sp³-hybridized carbons (Fsp3) is 0.130. The number of carbonyl (C=O) groups is 1. The van der Waals surface area contributed by atoms with Crippen LogP contribution >= 0.6 is 11.6 Å². The highest BCUT2D eigenvalue weighted by Gasteiger charge is 2.39. The Balaban J connectivity index is 1.56. The summed E-state index contributed by atoms with van der Waals surface area (Å²) in [5.41, 5.74) is 9.61. The Hall–Kier alpha value is -3.22. The predicted octanol–water partition coefficient (Wildman–Crippen LogP) is 4.62. The van der Waals surface area contributed by atoms with Crippen LogP contribution in [0.3, 0.4) is 0 Å². The van der Waals surface area contributed by atoms with Crippen LogP contribution in [0.1, 0.15) is 18.0 Å². The molecule has 1 fully saturated rings. The molecule has 5 nitrogen and oxygen atoms in total. The lowest BCUT2D eigenvalue weighted by molar-refractivity contribution is -0.117. The molecule has 1 unspecified atom stereocenters. The summed E-state index contributed by atoms with van der Waals surface area (Å²) in [6, 6.07) is 18.7. The third-order valence-electron chi connectivity index (χ3n) is 5.45. The molecule has 2 atom stereocenters. The van der Waals surface area contributed by atoms with E-state index in [0.717, 1.165) is 27.8 Å². The second-order valence-electron chi connectivity index (χ2n) is 7.41. The molecule has 1 aliphatic rings. The zero-order chi connectivity index (χ0) is 20.8. The minimum absolute atomic E-state index is 0.0299. The highest BCUT2D eigenvalue weighted by Crippen LogP contribution is 2.38. The maximum atomic E-state index is 13.3. The van der Waals surface area contributed by atoms with Crippen molar-refractivity contribution in [3.05, 3.63) is 89.3 Å². The maximum absolute atomic E-state index is 13.3. The SMILES string of the molecule is N[C@H]1CC(=O)N(c2ccc3c(cnn3-c3ccc(F)cc3)c2)C1c1cccc(Cl)c1. The third kappa shape index (κ3) is 3.14. The standard InChI is InChI=1S/C23H18ClFN4O/c24-16-3-1-2-14(10-16)23-20(26)12-22(30)28(23)19-8-9-21-15(11-19)13-27-29(21)18-6-4-17(25)5-7-18/h1-11,13,20,23H,12,26H2/t20-,23?/m0/s1. The number of anilines is 1. The molecule has 3 aromatic carbocycles. The van der Waals surface area contributed by atoms with Crippen molar-refractivity contribution in [3.8, 4) is 5.69 Å². The predicted molar refractivity (Wildman–Crippen MR) is 115 cm³/mol. The first kappa shape index (κ1) is 18.8. The van der Waals surface area contributed by atoms with Crippen molar-refractivity contribution < 1.29 is 9.18 Å². The van der Waals surface area contributed by atoms with Gasteiger partial charge in [0.15, 0.2) is 0 Å². The lowest BCUT2D eigenvalue weighted by Crippen LogP contribution is -2.33. The van der Waals surface area contributed by atoms with Gasteiger partial charge in [0.25, 0.3) is 0 Å². The minimum atomic E-state index is -0.325. The number of halogens is 2. The summed E-state index contributed by atoms with van der Waals surface area (Å²) in [5.74, 6) is -0.328. The number of fused-ring (bicyclic) bond motifs is 1. The van der Waals surface area contributed by atoms with Crippen molar-refractivity contribution in [1.82, 2.24) is 9.78 Å². The summed E-state index contributed by atoms with van der Waals surface area (Å²) in [7, 11) is 0. The molecule has 1 saturated heterocycles. The zero-order valence-corrected chi connectivity index (χ0v) is 16.6. The molecule has 0 spiro atoms. The fourth-order valence-electron chi connectivity index (χ4n) is 4.11. The monoisotopic (exact) mass is 420 g/mol. The van der Waals surface area contributed by atoms with Gasteiger partial charge in [-0.05, 0) is 60.2 Å². The number of nitrogens with zero attached hydrogens (tertiary/aromatic N) is 3. The van der Waals surface area contributed by atoms with Gasteiger partial charge in [0, 0.05) is 28.6 Å². The number of nitrogens with two attached hydrogens (primary N) is 1. The largest absolute Gasteiger partial charge is 0.325 e. The van der Waals surface area contributed by atoms with Crippen LogP contribution in [-0.2, 0) is 4.79 Å². The van der Waals surface area contributed by atoms with E-state index in [1.54, 1.807) is 34.0 Å². The van der Waals surface area contributed by atoms with E-state index < -0.39 is 0 Å². The van der Waals surface area contributed by atoms with Crippen LogP contribution in [0.2, 0.25) is 5.02 Å². The molecule has 0 saturated carbocycles. The first-order chi connectivity index (χ1) is 14.5. The highest BCUT2D eigenvalue weighted by molar-refractivity contribution is 6.30. The average Bonchev–Trinajstić information content (AvgIpc) is 3.28. The molecular weight excluding hydrogens is 403 g/mol. The highest BCUT2D eigenvalue weighted by atomic mass is 35.5. The lowest BCUT2D eigenvalue weighted by atomic mass is 10.0. The van der Waals surface area contributed by atoms with E-state index in [9.17, 15) is 9.18 Å². The third-order valence-corrected chi connectivity index (χ3v) is 5.69. The molecule has 0 aliphatic carbocycles. The number of carbonyl (C=O) groups excluding carboxylic acids is 1. The van der Waals surface area contributed by atoms with Crippen molar-refractivity contribution in [2.45, 2.75) is 18.5 Å². The van der Waals surface area contributed by atoms with E-state index in [1.165, 1.54) is 12.1 Å². The Morgan fingerprint density at radius 2 is 1.80 bits per heavy atom. The van der Waals surface area contributed by atoms with Crippen molar-refractivity contribution in [3.63, 3.8) is 0 Å². The zero-order valence-electron chi connectivity index (χ0n) is 15.9. The lowest BCUT2D eigenvalue weighted by Gasteiger charge is -2.27. The number of hydrogen-bond donors (Lipinski definition) is 1. The van der Waals surface area contributed by atoms with Crippen molar-refractivity contribution in [2.24, 2.45) is 5.73 Å². The van der Waals surface area contributed by atoms with Crippen LogP contribution in [0, 0.1) is 5.82 Å². The van der Waals surface area contributed by atoms with E-state index in [2.05, 4.69) is 5.10 Å². The Kier molecular flexibility index (Phi) is 4.53. The molecule has 30 heavy (non-hydrogen) atoms. The number of hydrogen-bond acceptors (Lipinski definition) is 3. The van der Waals surface area contributed by atoms with Gasteiger partial charge in [-0.15, -0.1) is 0 Å². The molecular formula is C23H18ClFN4O. The molecule has 1 aromatic heterocycles. The molecule has 1 aliphatic heterocycles. The number of aromatic nitrogens is 2. The molecule has 0 radical (unpaired) electrons. The van der Waals surface area contributed by atoms with Crippen molar-refractivity contribution >= 4 is 34.1 Å². The van der Waals surface area contributed by atoms with Gasteiger partial charge in [0.2, 0.25) is 5.91 Å². The van der Waals surface area contributed by atoms with Gasteiger partial charge < -0.3 is 10.6 Å². The summed E-state index contributed by atoms with van der Waals surface area (Å²) in [4.78, 5) is 14.5. The van der Waals surface area contributed by atoms with Gasteiger partial charge in [-0.2, -0.15) is 5.10 Å². The van der Waals surface area contributed by atoms with Crippen LogP contribution < -0.4 is 10.6 Å².